The second-order valence-corrected chi connectivity index (χ2v) is 4.50. The van der Waals surface area contributed by atoms with E-state index in [-0.39, 0.29) is 5.91 Å². The normalized spacial score (nSPS) is 16.6. The summed E-state index contributed by atoms with van der Waals surface area (Å²) < 4.78 is 0. The van der Waals surface area contributed by atoms with E-state index in [1.54, 1.807) is 11.3 Å². The summed E-state index contributed by atoms with van der Waals surface area (Å²) in [5.74, 6) is -0.285. The number of hydrogen-bond acceptors (Lipinski definition) is 3. The SMILES string of the molecule is CCN1CCc2c(C(N)=O)csc2C1. The molecule has 14 heavy (non-hydrogen) atoms. The van der Waals surface area contributed by atoms with E-state index >= 15 is 0 Å². The minimum Gasteiger partial charge on any atom is -0.366 e. The maximum absolute atomic E-state index is 11.1. The zero-order valence-electron chi connectivity index (χ0n) is 8.25. The van der Waals surface area contributed by atoms with Crippen LogP contribution in [0, 0.1) is 0 Å². The van der Waals surface area contributed by atoms with Gasteiger partial charge in [-0.25, -0.2) is 0 Å². The molecule has 4 heteroatoms. The Bertz CT molecular complexity index is 359. The number of hydrogen-bond donors (Lipinski definition) is 1. The number of amides is 1. The first-order chi connectivity index (χ1) is 6.72. The molecule has 0 radical (unpaired) electrons. The summed E-state index contributed by atoms with van der Waals surface area (Å²) in [7, 11) is 0. The average Bonchev–Trinajstić information content (AvgIpc) is 2.59. The Morgan fingerprint density at radius 2 is 2.50 bits per heavy atom. The van der Waals surface area contributed by atoms with Crippen LogP contribution in [-0.4, -0.2) is 23.9 Å². The second-order valence-electron chi connectivity index (χ2n) is 3.53. The van der Waals surface area contributed by atoms with E-state index in [2.05, 4.69) is 11.8 Å². The van der Waals surface area contributed by atoms with Gasteiger partial charge in [0.1, 0.15) is 0 Å². The molecule has 0 aromatic carbocycles. The van der Waals surface area contributed by atoms with Crippen LogP contribution in [0.4, 0.5) is 0 Å². The Kier molecular flexibility index (Phi) is 2.56. The summed E-state index contributed by atoms with van der Waals surface area (Å²) in [4.78, 5) is 14.8. The number of nitrogens with zero attached hydrogens (tertiary/aromatic N) is 1. The zero-order valence-corrected chi connectivity index (χ0v) is 9.06. The maximum Gasteiger partial charge on any atom is 0.249 e. The van der Waals surface area contributed by atoms with E-state index in [0.717, 1.165) is 31.6 Å². The lowest BCUT2D eigenvalue weighted by Crippen LogP contribution is -2.30. The Hall–Kier alpha value is -0.870. The minimum atomic E-state index is -0.285. The van der Waals surface area contributed by atoms with Crippen LogP contribution in [0.5, 0.6) is 0 Å². The Balaban J connectivity index is 2.29. The molecule has 2 rings (SSSR count). The summed E-state index contributed by atoms with van der Waals surface area (Å²) in [5, 5.41) is 1.90. The summed E-state index contributed by atoms with van der Waals surface area (Å²) in [6, 6.07) is 0. The average molecular weight is 210 g/mol. The van der Waals surface area contributed by atoms with Crippen molar-refractivity contribution < 1.29 is 4.79 Å². The van der Waals surface area contributed by atoms with Gasteiger partial charge in [0.2, 0.25) is 5.91 Å². The van der Waals surface area contributed by atoms with Gasteiger partial charge in [-0.15, -0.1) is 11.3 Å². The fraction of sp³-hybridized carbons (Fsp3) is 0.500. The van der Waals surface area contributed by atoms with E-state index < -0.39 is 0 Å². The number of thiophene rings is 1. The standard InChI is InChI=1S/C10H14N2OS/c1-2-12-4-3-7-8(10(11)13)6-14-9(7)5-12/h6H,2-5H2,1H3,(H2,11,13). The topological polar surface area (TPSA) is 46.3 Å². The monoisotopic (exact) mass is 210 g/mol. The van der Waals surface area contributed by atoms with Gasteiger partial charge in [-0.3, -0.25) is 9.69 Å². The molecule has 0 saturated heterocycles. The van der Waals surface area contributed by atoms with Crippen molar-refractivity contribution in [3.05, 3.63) is 21.4 Å². The predicted molar refractivity (Wildman–Crippen MR) is 57.5 cm³/mol. The maximum atomic E-state index is 11.1. The van der Waals surface area contributed by atoms with E-state index in [9.17, 15) is 4.79 Å². The van der Waals surface area contributed by atoms with Crippen LogP contribution in [0.15, 0.2) is 5.38 Å². The summed E-state index contributed by atoms with van der Waals surface area (Å²) in [5.41, 5.74) is 7.23. The third-order valence-corrected chi connectivity index (χ3v) is 3.75. The fourth-order valence-electron chi connectivity index (χ4n) is 1.86. The zero-order chi connectivity index (χ0) is 10.1. The Morgan fingerprint density at radius 3 is 3.14 bits per heavy atom. The first kappa shape index (κ1) is 9.68. The first-order valence-corrected chi connectivity index (χ1v) is 5.71. The van der Waals surface area contributed by atoms with E-state index in [0.29, 0.717) is 0 Å². The van der Waals surface area contributed by atoms with Crippen LogP contribution in [0.2, 0.25) is 0 Å². The van der Waals surface area contributed by atoms with Gasteiger partial charge in [0.25, 0.3) is 0 Å². The molecule has 76 valence electrons. The van der Waals surface area contributed by atoms with Gasteiger partial charge in [-0.05, 0) is 18.5 Å². The number of carbonyl (C=O) groups excluding carboxylic acids is 1. The van der Waals surface area contributed by atoms with Gasteiger partial charge in [0.05, 0.1) is 5.56 Å². The summed E-state index contributed by atoms with van der Waals surface area (Å²) in [6.45, 7) is 5.25. The number of primary amides is 1. The molecule has 1 aliphatic heterocycles. The molecule has 0 saturated carbocycles. The quantitative estimate of drug-likeness (QED) is 0.798. The molecule has 0 atom stereocenters. The van der Waals surface area contributed by atoms with Gasteiger partial charge < -0.3 is 5.73 Å². The minimum absolute atomic E-state index is 0.285. The molecule has 1 aromatic heterocycles. The van der Waals surface area contributed by atoms with Crippen molar-refractivity contribution in [2.45, 2.75) is 19.9 Å². The molecule has 0 aliphatic carbocycles. The van der Waals surface area contributed by atoms with Crippen LogP contribution >= 0.6 is 11.3 Å². The van der Waals surface area contributed by atoms with E-state index in [1.807, 2.05) is 5.38 Å². The van der Waals surface area contributed by atoms with E-state index in [1.165, 1.54) is 10.4 Å². The predicted octanol–water partition coefficient (Wildman–Crippen LogP) is 1.23. The number of nitrogens with two attached hydrogens (primary N) is 1. The third kappa shape index (κ3) is 1.55. The lowest BCUT2D eigenvalue weighted by atomic mass is 10.0. The highest BCUT2D eigenvalue weighted by molar-refractivity contribution is 7.10. The number of carbonyl (C=O) groups is 1. The number of rotatable bonds is 2. The summed E-state index contributed by atoms with van der Waals surface area (Å²) >= 11 is 1.66. The molecule has 0 spiro atoms. The molecular weight excluding hydrogens is 196 g/mol. The van der Waals surface area contributed by atoms with Crippen LogP contribution in [0.1, 0.15) is 27.7 Å². The molecule has 2 N–H and O–H groups in total. The van der Waals surface area contributed by atoms with Crippen LogP contribution in [-0.2, 0) is 13.0 Å². The highest BCUT2D eigenvalue weighted by atomic mass is 32.1. The van der Waals surface area contributed by atoms with Gasteiger partial charge in [0, 0.05) is 23.3 Å². The van der Waals surface area contributed by atoms with Crippen molar-refractivity contribution in [3.63, 3.8) is 0 Å². The molecule has 0 bridgehead atoms. The van der Waals surface area contributed by atoms with Crippen molar-refractivity contribution in [3.8, 4) is 0 Å². The molecule has 0 fully saturated rings. The van der Waals surface area contributed by atoms with E-state index in [4.69, 9.17) is 5.73 Å². The highest BCUT2D eigenvalue weighted by Gasteiger charge is 2.21. The smallest absolute Gasteiger partial charge is 0.249 e. The van der Waals surface area contributed by atoms with Gasteiger partial charge in [-0.2, -0.15) is 0 Å². The largest absolute Gasteiger partial charge is 0.366 e. The Morgan fingerprint density at radius 1 is 1.71 bits per heavy atom. The van der Waals surface area contributed by atoms with Gasteiger partial charge in [-0.1, -0.05) is 6.92 Å². The van der Waals surface area contributed by atoms with Crippen molar-refractivity contribution in [2.75, 3.05) is 13.1 Å². The lowest BCUT2D eigenvalue weighted by molar-refractivity contribution is 0.0999. The van der Waals surface area contributed by atoms with Crippen molar-refractivity contribution >= 4 is 17.2 Å². The molecule has 1 aromatic rings. The molecule has 1 aliphatic rings. The summed E-state index contributed by atoms with van der Waals surface area (Å²) in [6.07, 6.45) is 0.963. The molecule has 3 nitrogen and oxygen atoms in total. The van der Waals surface area contributed by atoms with Crippen molar-refractivity contribution in [1.82, 2.24) is 4.90 Å². The van der Waals surface area contributed by atoms with Crippen molar-refractivity contribution in [1.29, 1.82) is 0 Å². The van der Waals surface area contributed by atoms with Crippen molar-refractivity contribution in [2.24, 2.45) is 5.73 Å². The van der Waals surface area contributed by atoms with Gasteiger partial charge >= 0.3 is 0 Å². The van der Waals surface area contributed by atoms with Crippen LogP contribution in [0.3, 0.4) is 0 Å². The lowest BCUT2D eigenvalue weighted by Gasteiger charge is -2.25. The highest BCUT2D eigenvalue weighted by Crippen LogP contribution is 2.28. The number of fused-ring (bicyclic) bond motifs is 1. The fourth-order valence-corrected chi connectivity index (χ4v) is 2.99. The molecular formula is C10H14N2OS. The third-order valence-electron chi connectivity index (χ3n) is 2.74. The molecule has 0 unspecified atom stereocenters. The van der Waals surface area contributed by atoms with Gasteiger partial charge in [0.15, 0.2) is 0 Å². The van der Waals surface area contributed by atoms with Crippen LogP contribution in [0.25, 0.3) is 0 Å². The second kappa shape index (κ2) is 3.71. The Labute approximate surface area is 87.5 Å². The first-order valence-electron chi connectivity index (χ1n) is 4.83. The molecule has 2 heterocycles. The molecule has 1 amide bonds. The van der Waals surface area contributed by atoms with Crippen LogP contribution < -0.4 is 5.73 Å². The number of likely N-dealkylation sites (N-methyl/N-ethyl adjacent to an activating group) is 1.